The van der Waals surface area contributed by atoms with Crippen LogP contribution in [0.4, 0.5) is 4.79 Å². The highest BCUT2D eigenvalue weighted by molar-refractivity contribution is 6.30. The molecule has 1 aromatic carbocycles. The zero-order valence-corrected chi connectivity index (χ0v) is 15.5. The Hall–Kier alpha value is -2.12. The van der Waals surface area contributed by atoms with Crippen LogP contribution in [0.25, 0.3) is 0 Å². The molecule has 2 aliphatic heterocycles. The van der Waals surface area contributed by atoms with Gasteiger partial charge in [0.15, 0.2) is 0 Å². The van der Waals surface area contributed by atoms with E-state index in [1.165, 1.54) is 9.80 Å². The molecule has 26 heavy (non-hydrogen) atoms. The fraction of sp³-hybridized carbons (Fsp3) is 0.500. The number of benzene rings is 1. The lowest BCUT2D eigenvalue weighted by Crippen LogP contribution is -2.48. The highest BCUT2D eigenvalue weighted by Gasteiger charge is 2.33. The van der Waals surface area contributed by atoms with Crippen LogP contribution in [-0.4, -0.2) is 72.3 Å². The van der Waals surface area contributed by atoms with Gasteiger partial charge in [0.1, 0.15) is 6.54 Å². The zero-order chi connectivity index (χ0) is 18.7. The van der Waals surface area contributed by atoms with Crippen molar-refractivity contribution in [2.24, 2.45) is 0 Å². The van der Waals surface area contributed by atoms with Crippen LogP contribution in [0.1, 0.15) is 24.4 Å². The van der Waals surface area contributed by atoms with Gasteiger partial charge in [-0.05, 0) is 24.1 Å². The van der Waals surface area contributed by atoms with Crippen LogP contribution in [0.2, 0.25) is 5.02 Å². The summed E-state index contributed by atoms with van der Waals surface area (Å²) < 4.78 is 0. The van der Waals surface area contributed by atoms with E-state index in [0.717, 1.165) is 12.1 Å². The number of nitrogens with one attached hydrogen (secondary N) is 1. The number of imide groups is 1. The lowest BCUT2D eigenvalue weighted by atomic mass is 10.0. The number of hydrogen-bond donors (Lipinski definition) is 1. The maximum atomic E-state index is 12.7. The topological polar surface area (TPSA) is 73.0 Å². The van der Waals surface area contributed by atoms with Crippen molar-refractivity contribution in [1.29, 1.82) is 0 Å². The van der Waals surface area contributed by atoms with Crippen molar-refractivity contribution < 1.29 is 14.4 Å². The number of urea groups is 1. The third-order valence-corrected chi connectivity index (χ3v) is 5.04. The maximum Gasteiger partial charge on any atom is 0.326 e. The summed E-state index contributed by atoms with van der Waals surface area (Å²) in [5.74, 6) is -0.173. The summed E-state index contributed by atoms with van der Waals surface area (Å²) in [6.07, 6.45) is 0.772. The number of rotatable bonds is 5. The summed E-state index contributed by atoms with van der Waals surface area (Å²) in [5.41, 5.74) is 1.00. The molecule has 0 aromatic heterocycles. The molecule has 140 valence electrons. The van der Waals surface area contributed by atoms with Gasteiger partial charge in [0.05, 0.1) is 6.04 Å². The second-order valence-corrected chi connectivity index (χ2v) is 7.09. The van der Waals surface area contributed by atoms with Crippen molar-refractivity contribution in [2.45, 2.75) is 18.9 Å². The van der Waals surface area contributed by atoms with E-state index in [2.05, 4.69) is 5.32 Å². The molecular formula is C18H23ClN4O3. The number of hydrogen-bond acceptors (Lipinski definition) is 4. The summed E-state index contributed by atoms with van der Waals surface area (Å²) in [5, 5.41) is 3.96. The molecule has 1 unspecified atom stereocenters. The van der Waals surface area contributed by atoms with Crippen LogP contribution in [0.5, 0.6) is 0 Å². The molecule has 2 aliphatic rings. The summed E-state index contributed by atoms with van der Waals surface area (Å²) in [7, 11) is 1.60. The largest absolute Gasteiger partial charge is 0.333 e. The molecule has 2 heterocycles. The first-order valence-electron chi connectivity index (χ1n) is 8.78. The maximum absolute atomic E-state index is 12.7. The van der Waals surface area contributed by atoms with Crippen molar-refractivity contribution in [3.63, 3.8) is 0 Å². The molecule has 0 bridgehead atoms. The normalized spacial score (nSPS) is 20.8. The van der Waals surface area contributed by atoms with E-state index < -0.39 is 0 Å². The molecule has 2 saturated heterocycles. The Kier molecular flexibility index (Phi) is 5.78. The van der Waals surface area contributed by atoms with Crippen LogP contribution < -0.4 is 5.32 Å². The van der Waals surface area contributed by atoms with E-state index in [9.17, 15) is 14.4 Å². The number of carbonyl (C=O) groups excluding carboxylic acids is 3. The first-order chi connectivity index (χ1) is 12.5. The van der Waals surface area contributed by atoms with E-state index in [1.807, 2.05) is 29.2 Å². The molecule has 0 radical (unpaired) electrons. The van der Waals surface area contributed by atoms with Crippen LogP contribution in [-0.2, 0) is 9.59 Å². The van der Waals surface area contributed by atoms with Crippen molar-refractivity contribution >= 4 is 29.4 Å². The number of carbonyl (C=O) groups is 3. The highest BCUT2D eigenvalue weighted by atomic mass is 35.5. The minimum absolute atomic E-state index is 0.0314. The van der Waals surface area contributed by atoms with Gasteiger partial charge in [-0.3, -0.25) is 14.5 Å². The predicted molar refractivity (Wildman–Crippen MR) is 97.7 cm³/mol. The smallest absolute Gasteiger partial charge is 0.326 e. The van der Waals surface area contributed by atoms with Crippen LogP contribution in [0, 0.1) is 0 Å². The fourth-order valence-corrected chi connectivity index (χ4v) is 3.63. The number of halogens is 1. The Morgan fingerprint density at radius 2 is 2.15 bits per heavy atom. The van der Waals surface area contributed by atoms with Gasteiger partial charge in [0, 0.05) is 44.7 Å². The summed E-state index contributed by atoms with van der Waals surface area (Å²) in [6, 6.07) is 7.21. The first-order valence-corrected chi connectivity index (χ1v) is 9.16. The van der Waals surface area contributed by atoms with Crippen molar-refractivity contribution in [1.82, 2.24) is 20.0 Å². The van der Waals surface area contributed by atoms with Gasteiger partial charge in [-0.25, -0.2) is 4.79 Å². The minimum atomic E-state index is -0.290. The average Bonchev–Trinajstić information content (AvgIpc) is 2.87. The quantitative estimate of drug-likeness (QED) is 0.788. The summed E-state index contributed by atoms with van der Waals surface area (Å²) in [6.45, 7) is 2.44. The Labute approximate surface area is 157 Å². The number of nitrogens with zero attached hydrogens (tertiary/aromatic N) is 3. The van der Waals surface area contributed by atoms with Gasteiger partial charge in [-0.2, -0.15) is 0 Å². The second kappa shape index (κ2) is 8.05. The van der Waals surface area contributed by atoms with Crippen molar-refractivity contribution in [3.8, 4) is 0 Å². The molecule has 1 aromatic rings. The van der Waals surface area contributed by atoms with Gasteiger partial charge in [0.25, 0.3) is 0 Å². The minimum Gasteiger partial charge on any atom is -0.333 e. The van der Waals surface area contributed by atoms with Crippen molar-refractivity contribution in [3.05, 3.63) is 34.9 Å². The first kappa shape index (κ1) is 18.7. The standard InChI is InChI=1S/C18H23ClN4O3/c1-21-12-17(25)23(18(21)26)8-3-6-16(24)22-9-7-20-11-15(22)13-4-2-5-14(19)10-13/h2,4-5,10,15,20H,3,6-9,11-12H2,1H3. The Morgan fingerprint density at radius 3 is 2.85 bits per heavy atom. The molecule has 3 rings (SSSR count). The molecular weight excluding hydrogens is 356 g/mol. The Morgan fingerprint density at radius 1 is 1.35 bits per heavy atom. The zero-order valence-electron chi connectivity index (χ0n) is 14.8. The van der Waals surface area contributed by atoms with E-state index in [1.54, 1.807) is 7.05 Å². The number of likely N-dealkylation sites (N-methyl/N-ethyl adjacent to an activating group) is 1. The van der Waals surface area contributed by atoms with Gasteiger partial charge in [-0.1, -0.05) is 23.7 Å². The molecule has 0 saturated carbocycles. The third-order valence-electron chi connectivity index (χ3n) is 4.80. The molecule has 1 N–H and O–H groups in total. The predicted octanol–water partition coefficient (Wildman–Crippen LogP) is 1.49. The number of piperazine rings is 1. The Bertz CT molecular complexity index is 711. The molecule has 2 fully saturated rings. The van der Waals surface area contributed by atoms with E-state index in [4.69, 9.17) is 11.6 Å². The van der Waals surface area contributed by atoms with Gasteiger partial charge in [-0.15, -0.1) is 0 Å². The number of amides is 4. The van der Waals surface area contributed by atoms with Gasteiger partial charge < -0.3 is 15.1 Å². The fourth-order valence-electron chi connectivity index (χ4n) is 3.44. The van der Waals surface area contributed by atoms with E-state index >= 15 is 0 Å². The molecule has 4 amide bonds. The third kappa shape index (κ3) is 3.99. The SMILES string of the molecule is CN1CC(=O)N(CCCC(=O)N2CCNCC2c2cccc(Cl)c2)C1=O. The molecule has 8 heteroatoms. The molecule has 1 atom stereocenters. The molecule has 7 nitrogen and oxygen atoms in total. The van der Waals surface area contributed by atoms with Crippen LogP contribution in [0.15, 0.2) is 24.3 Å². The lowest BCUT2D eigenvalue weighted by molar-refractivity contribution is -0.135. The Balaban J connectivity index is 1.59. The average molecular weight is 379 g/mol. The lowest BCUT2D eigenvalue weighted by Gasteiger charge is -2.37. The van der Waals surface area contributed by atoms with Gasteiger partial charge >= 0.3 is 6.03 Å². The van der Waals surface area contributed by atoms with E-state index in [-0.39, 0.29) is 37.0 Å². The van der Waals surface area contributed by atoms with Gasteiger partial charge in [0.2, 0.25) is 11.8 Å². The van der Waals surface area contributed by atoms with Crippen molar-refractivity contribution in [2.75, 3.05) is 39.8 Å². The monoisotopic (exact) mass is 378 g/mol. The van der Waals surface area contributed by atoms with Crippen LogP contribution >= 0.6 is 11.6 Å². The summed E-state index contributed by atoms with van der Waals surface area (Å²) >= 11 is 6.09. The second-order valence-electron chi connectivity index (χ2n) is 6.65. The highest BCUT2D eigenvalue weighted by Crippen LogP contribution is 2.25. The van der Waals surface area contributed by atoms with Crippen LogP contribution in [0.3, 0.4) is 0 Å². The molecule has 0 spiro atoms. The molecule has 0 aliphatic carbocycles. The summed E-state index contributed by atoms with van der Waals surface area (Å²) in [4.78, 5) is 40.9. The van der Waals surface area contributed by atoms with E-state index in [0.29, 0.717) is 31.0 Å².